The molecule has 1 saturated heterocycles. The lowest BCUT2D eigenvalue weighted by molar-refractivity contribution is 0.0945. The van der Waals surface area contributed by atoms with Gasteiger partial charge in [0.05, 0.1) is 0 Å². The van der Waals surface area contributed by atoms with Gasteiger partial charge in [-0.3, -0.25) is 9.78 Å². The first kappa shape index (κ1) is 19.5. The molecule has 7 nitrogen and oxygen atoms in total. The van der Waals surface area contributed by atoms with Crippen LogP contribution in [0.15, 0.2) is 42.9 Å². The zero-order valence-corrected chi connectivity index (χ0v) is 16.5. The maximum atomic E-state index is 13.2. The third-order valence-corrected chi connectivity index (χ3v) is 5.26. The van der Waals surface area contributed by atoms with Gasteiger partial charge in [0.2, 0.25) is 0 Å². The van der Waals surface area contributed by atoms with Gasteiger partial charge in [0.25, 0.3) is 5.91 Å². The summed E-state index contributed by atoms with van der Waals surface area (Å²) in [5.74, 6) is -0.502. The third kappa shape index (κ3) is 4.60. The van der Waals surface area contributed by atoms with E-state index in [0.717, 1.165) is 44.7 Å². The lowest BCUT2D eigenvalue weighted by atomic mass is 10.1. The molecule has 0 unspecified atom stereocenters. The minimum Gasteiger partial charge on any atom is -0.351 e. The Bertz CT molecular complexity index is 979. The van der Waals surface area contributed by atoms with Crippen LogP contribution in [0.2, 0.25) is 0 Å². The van der Waals surface area contributed by atoms with Crippen LogP contribution in [-0.4, -0.2) is 76.4 Å². The molecule has 1 aliphatic heterocycles. The number of nitrogens with zero attached hydrogens (tertiary/aromatic N) is 5. The second-order valence-corrected chi connectivity index (χ2v) is 7.39. The molecule has 2 aromatic heterocycles. The van der Waals surface area contributed by atoms with Gasteiger partial charge in [0.15, 0.2) is 5.65 Å². The molecule has 1 N–H and O–H groups in total. The number of carbonyl (C=O) groups excluding carboxylic acids is 1. The van der Waals surface area contributed by atoms with Crippen molar-refractivity contribution in [1.82, 2.24) is 29.5 Å². The zero-order valence-electron chi connectivity index (χ0n) is 16.5. The van der Waals surface area contributed by atoms with E-state index in [1.807, 2.05) is 0 Å². The first-order chi connectivity index (χ1) is 14.1. The Labute approximate surface area is 169 Å². The van der Waals surface area contributed by atoms with E-state index in [9.17, 15) is 9.18 Å². The number of hydrogen-bond donors (Lipinski definition) is 1. The maximum absolute atomic E-state index is 13.2. The molecule has 1 amide bonds. The highest BCUT2D eigenvalue weighted by Gasteiger charge is 2.16. The van der Waals surface area contributed by atoms with E-state index >= 15 is 0 Å². The van der Waals surface area contributed by atoms with Gasteiger partial charge in [0.1, 0.15) is 17.2 Å². The van der Waals surface area contributed by atoms with Gasteiger partial charge in [-0.2, -0.15) is 0 Å². The van der Waals surface area contributed by atoms with E-state index in [1.165, 1.54) is 12.1 Å². The first-order valence-electron chi connectivity index (χ1n) is 9.89. The van der Waals surface area contributed by atoms with Crippen molar-refractivity contribution in [2.75, 3.05) is 46.3 Å². The van der Waals surface area contributed by atoms with Gasteiger partial charge < -0.3 is 19.5 Å². The van der Waals surface area contributed by atoms with Gasteiger partial charge >= 0.3 is 0 Å². The number of amides is 1. The van der Waals surface area contributed by atoms with Crippen molar-refractivity contribution in [3.63, 3.8) is 0 Å². The standard InChI is InChI=1S/C21H25FN6O/c1-26-11-13-27(14-12-26)9-2-7-24-21(29)18-15-28-10-8-23-19(20(28)25-18)16-3-5-17(22)6-4-16/h3-6,8,10,15H,2,7,9,11-14H2,1H3,(H,24,29). The average Bonchev–Trinajstić information content (AvgIpc) is 3.17. The summed E-state index contributed by atoms with van der Waals surface area (Å²) in [6, 6.07) is 6.09. The third-order valence-electron chi connectivity index (χ3n) is 5.26. The fourth-order valence-corrected chi connectivity index (χ4v) is 3.51. The van der Waals surface area contributed by atoms with Crippen LogP contribution in [0.3, 0.4) is 0 Å². The average molecular weight is 396 g/mol. The number of carbonyl (C=O) groups is 1. The number of aromatic nitrogens is 3. The van der Waals surface area contributed by atoms with Crippen molar-refractivity contribution in [3.05, 3.63) is 54.4 Å². The fourth-order valence-electron chi connectivity index (χ4n) is 3.51. The van der Waals surface area contributed by atoms with Crippen molar-refractivity contribution in [1.29, 1.82) is 0 Å². The number of piperazine rings is 1. The second-order valence-electron chi connectivity index (χ2n) is 7.39. The maximum Gasteiger partial charge on any atom is 0.271 e. The predicted octanol–water partition coefficient (Wildman–Crippen LogP) is 1.90. The van der Waals surface area contributed by atoms with Gasteiger partial charge in [-0.25, -0.2) is 9.37 Å². The normalized spacial score (nSPS) is 15.7. The minimum atomic E-state index is -0.305. The van der Waals surface area contributed by atoms with Gasteiger partial charge in [-0.15, -0.1) is 0 Å². The Kier molecular flexibility index (Phi) is 5.82. The fraction of sp³-hybridized carbons (Fsp3) is 0.381. The van der Waals surface area contributed by atoms with E-state index < -0.39 is 0 Å². The van der Waals surface area contributed by atoms with Crippen LogP contribution in [0, 0.1) is 5.82 Å². The van der Waals surface area contributed by atoms with Crippen LogP contribution in [-0.2, 0) is 0 Å². The number of fused-ring (bicyclic) bond motifs is 1. The molecular formula is C21H25FN6O. The smallest absolute Gasteiger partial charge is 0.271 e. The Morgan fingerprint density at radius 3 is 2.69 bits per heavy atom. The van der Waals surface area contributed by atoms with Crippen molar-refractivity contribution in [2.24, 2.45) is 0 Å². The second kappa shape index (κ2) is 8.67. The molecule has 1 aromatic carbocycles. The van der Waals surface area contributed by atoms with Crippen molar-refractivity contribution >= 4 is 11.6 Å². The molecule has 152 valence electrons. The quantitative estimate of drug-likeness (QED) is 0.645. The lowest BCUT2D eigenvalue weighted by Gasteiger charge is -2.32. The largest absolute Gasteiger partial charge is 0.351 e. The number of hydrogen-bond acceptors (Lipinski definition) is 5. The lowest BCUT2D eigenvalue weighted by Crippen LogP contribution is -2.45. The highest BCUT2D eigenvalue weighted by molar-refractivity contribution is 5.93. The Hall–Kier alpha value is -2.84. The summed E-state index contributed by atoms with van der Waals surface area (Å²) in [6.07, 6.45) is 6.00. The molecule has 0 spiro atoms. The van der Waals surface area contributed by atoms with Crippen LogP contribution in [0.25, 0.3) is 16.9 Å². The number of benzene rings is 1. The number of imidazole rings is 1. The predicted molar refractivity (Wildman–Crippen MR) is 109 cm³/mol. The summed E-state index contributed by atoms with van der Waals surface area (Å²) in [5, 5.41) is 2.95. The molecular weight excluding hydrogens is 371 g/mol. The van der Waals surface area contributed by atoms with Gasteiger partial charge in [-0.05, 0) is 44.3 Å². The molecule has 29 heavy (non-hydrogen) atoms. The highest BCUT2D eigenvalue weighted by Crippen LogP contribution is 2.22. The Morgan fingerprint density at radius 2 is 1.93 bits per heavy atom. The summed E-state index contributed by atoms with van der Waals surface area (Å²) in [6.45, 7) is 5.95. The van der Waals surface area contributed by atoms with Crippen LogP contribution in [0.5, 0.6) is 0 Å². The highest BCUT2D eigenvalue weighted by atomic mass is 19.1. The number of likely N-dealkylation sites (N-methyl/N-ethyl adjacent to an activating group) is 1. The van der Waals surface area contributed by atoms with E-state index in [2.05, 4.69) is 32.1 Å². The number of rotatable bonds is 6. The Balaban J connectivity index is 1.38. The van der Waals surface area contributed by atoms with E-state index in [0.29, 0.717) is 23.6 Å². The summed E-state index contributed by atoms with van der Waals surface area (Å²) >= 11 is 0. The summed E-state index contributed by atoms with van der Waals surface area (Å²) < 4.78 is 15.0. The van der Waals surface area contributed by atoms with Crippen LogP contribution < -0.4 is 5.32 Å². The monoisotopic (exact) mass is 396 g/mol. The molecule has 0 aliphatic carbocycles. The molecule has 3 aromatic rings. The number of halogens is 1. The molecule has 0 bridgehead atoms. The molecule has 1 fully saturated rings. The molecule has 0 atom stereocenters. The van der Waals surface area contributed by atoms with Gasteiger partial charge in [-0.1, -0.05) is 0 Å². The molecule has 4 rings (SSSR count). The molecule has 0 saturated carbocycles. The van der Waals surface area contributed by atoms with Gasteiger partial charge in [0, 0.05) is 56.9 Å². The Morgan fingerprint density at radius 1 is 1.17 bits per heavy atom. The summed E-state index contributed by atoms with van der Waals surface area (Å²) in [5.41, 5.74) is 2.28. The molecule has 1 aliphatic rings. The summed E-state index contributed by atoms with van der Waals surface area (Å²) in [7, 11) is 2.14. The van der Waals surface area contributed by atoms with Crippen LogP contribution in [0.1, 0.15) is 16.9 Å². The minimum absolute atomic E-state index is 0.197. The van der Waals surface area contributed by atoms with Crippen LogP contribution >= 0.6 is 0 Å². The SMILES string of the molecule is CN1CCN(CCCNC(=O)c2cn3ccnc(-c4ccc(F)cc4)c3n2)CC1. The zero-order chi connectivity index (χ0) is 20.2. The van der Waals surface area contributed by atoms with Crippen LogP contribution in [0.4, 0.5) is 4.39 Å². The van der Waals surface area contributed by atoms with E-state index in [1.54, 1.807) is 35.1 Å². The topological polar surface area (TPSA) is 65.8 Å². The molecule has 8 heteroatoms. The van der Waals surface area contributed by atoms with Crippen molar-refractivity contribution < 1.29 is 9.18 Å². The van der Waals surface area contributed by atoms with Crippen molar-refractivity contribution in [2.45, 2.75) is 6.42 Å². The number of nitrogens with one attached hydrogen (secondary N) is 1. The molecule has 3 heterocycles. The van der Waals surface area contributed by atoms with E-state index in [4.69, 9.17) is 0 Å². The molecule has 0 radical (unpaired) electrons. The first-order valence-corrected chi connectivity index (χ1v) is 9.89. The summed E-state index contributed by atoms with van der Waals surface area (Å²) in [4.78, 5) is 26.1. The van der Waals surface area contributed by atoms with Crippen molar-refractivity contribution in [3.8, 4) is 11.3 Å². The van der Waals surface area contributed by atoms with E-state index in [-0.39, 0.29) is 11.7 Å².